The first-order chi connectivity index (χ1) is 7.65. The third-order valence-corrected chi connectivity index (χ3v) is 4.21. The Morgan fingerprint density at radius 3 is 2.75 bits per heavy atom. The Hall–Kier alpha value is -0.580. The summed E-state index contributed by atoms with van der Waals surface area (Å²) in [5.41, 5.74) is 0. The van der Waals surface area contributed by atoms with E-state index < -0.39 is 0 Å². The maximum atomic E-state index is 5.51. The van der Waals surface area contributed by atoms with Crippen molar-refractivity contribution >= 4 is 27.3 Å². The van der Waals surface area contributed by atoms with Gasteiger partial charge in [0.05, 0.1) is 10.3 Å². The van der Waals surface area contributed by atoms with Crippen LogP contribution in [0, 0.1) is 6.92 Å². The van der Waals surface area contributed by atoms with Crippen LogP contribution in [-0.2, 0) is 6.54 Å². The van der Waals surface area contributed by atoms with Crippen LogP contribution in [0.1, 0.15) is 29.4 Å². The summed E-state index contributed by atoms with van der Waals surface area (Å²) < 4.78 is 6.68. The van der Waals surface area contributed by atoms with Gasteiger partial charge in [-0.25, -0.2) is 0 Å². The van der Waals surface area contributed by atoms with Gasteiger partial charge >= 0.3 is 0 Å². The van der Waals surface area contributed by atoms with E-state index in [-0.39, 0.29) is 0 Å². The summed E-state index contributed by atoms with van der Waals surface area (Å²) >= 11 is 5.23. The lowest BCUT2D eigenvalue weighted by molar-refractivity contribution is 0.445. The number of hydrogen-bond donors (Lipinski definition) is 1. The molecule has 0 aliphatic carbocycles. The molecule has 16 heavy (non-hydrogen) atoms. The second kappa shape index (κ2) is 5.17. The van der Waals surface area contributed by atoms with Gasteiger partial charge in [0.25, 0.3) is 0 Å². The minimum atomic E-state index is 0.349. The Kier molecular flexibility index (Phi) is 3.84. The Morgan fingerprint density at radius 1 is 1.38 bits per heavy atom. The summed E-state index contributed by atoms with van der Waals surface area (Å²) in [6, 6.07) is 8.57. The summed E-state index contributed by atoms with van der Waals surface area (Å²) in [5, 5.41) is 3.44. The molecule has 0 aromatic carbocycles. The fraction of sp³-hybridized carbons (Fsp3) is 0.333. The molecular weight excluding hydrogens is 286 g/mol. The van der Waals surface area contributed by atoms with E-state index >= 15 is 0 Å². The molecule has 0 amide bonds. The number of aryl methyl sites for hydroxylation is 1. The molecular formula is C12H14BrNOS. The largest absolute Gasteiger partial charge is 0.465 e. The van der Waals surface area contributed by atoms with Crippen LogP contribution in [0.3, 0.4) is 0 Å². The first kappa shape index (κ1) is 11.9. The molecule has 2 aromatic rings. The third-order valence-electron chi connectivity index (χ3n) is 2.40. The van der Waals surface area contributed by atoms with Gasteiger partial charge in [-0.1, -0.05) is 0 Å². The van der Waals surface area contributed by atoms with E-state index in [2.05, 4.69) is 40.3 Å². The Bertz CT molecular complexity index is 463. The zero-order valence-electron chi connectivity index (χ0n) is 9.29. The van der Waals surface area contributed by atoms with E-state index in [1.54, 1.807) is 11.3 Å². The van der Waals surface area contributed by atoms with Gasteiger partial charge in [-0.2, -0.15) is 0 Å². The van der Waals surface area contributed by atoms with Crippen LogP contribution in [0.25, 0.3) is 0 Å². The molecule has 0 saturated carbocycles. The summed E-state index contributed by atoms with van der Waals surface area (Å²) in [7, 11) is 0. The molecule has 1 N–H and O–H groups in total. The molecule has 0 aliphatic heterocycles. The standard InChI is InChI=1S/C12H14BrNOS/c1-8-3-4-10(15-8)7-14-9(2)11-5-6-12(13)16-11/h3-6,9,14H,7H2,1-2H3. The molecule has 86 valence electrons. The zero-order chi connectivity index (χ0) is 11.5. The summed E-state index contributed by atoms with van der Waals surface area (Å²) in [6.45, 7) is 4.89. The number of rotatable bonds is 4. The van der Waals surface area contributed by atoms with Crippen LogP contribution in [0.15, 0.2) is 32.5 Å². The maximum Gasteiger partial charge on any atom is 0.117 e. The molecule has 0 bridgehead atoms. The fourth-order valence-electron chi connectivity index (χ4n) is 1.50. The van der Waals surface area contributed by atoms with Gasteiger partial charge < -0.3 is 9.73 Å². The molecule has 0 aliphatic rings. The predicted molar refractivity (Wildman–Crippen MR) is 70.7 cm³/mol. The average Bonchev–Trinajstić information content (AvgIpc) is 2.84. The second-order valence-electron chi connectivity index (χ2n) is 3.76. The van der Waals surface area contributed by atoms with Gasteiger partial charge in [-0.15, -0.1) is 11.3 Å². The first-order valence-electron chi connectivity index (χ1n) is 5.19. The van der Waals surface area contributed by atoms with Crippen molar-refractivity contribution in [3.05, 3.63) is 44.4 Å². The molecule has 0 saturated heterocycles. The van der Waals surface area contributed by atoms with Crippen LogP contribution in [0.4, 0.5) is 0 Å². The van der Waals surface area contributed by atoms with E-state index in [0.29, 0.717) is 6.04 Å². The number of hydrogen-bond acceptors (Lipinski definition) is 3. The molecule has 0 radical (unpaired) electrons. The van der Waals surface area contributed by atoms with E-state index in [1.165, 1.54) is 8.66 Å². The molecule has 0 fully saturated rings. The summed E-state index contributed by atoms with van der Waals surface area (Å²) in [6.07, 6.45) is 0. The number of halogens is 1. The smallest absolute Gasteiger partial charge is 0.117 e. The Morgan fingerprint density at radius 2 is 2.19 bits per heavy atom. The van der Waals surface area contributed by atoms with Crippen molar-refractivity contribution in [2.75, 3.05) is 0 Å². The number of nitrogens with one attached hydrogen (secondary N) is 1. The molecule has 2 rings (SSSR count). The maximum absolute atomic E-state index is 5.51. The molecule has 1 atom stereocenters. The van der Waals surface area contributed by atoms with Crippen LogP contribution >= 0.6 is 27.3 Å². The Labute approximate surface area is 108 Å². The van der Waals surface area contributed by atoms with Crippen LogP contribution in [-0.4, -0.2) is 0 Å². The second-order valence-corrected chi connectivity index (χ2v) is 6.25. The molecule has 0 spiro atoms. The van der Waals surface area contributed by atoms with Crippen molar-refractivity contribution in [2.24, 2.45) is 0 Å². The van der Waals surface area contributed by atoms with E-state index in [9.17, 15) is 0 Å². The van der Waals surface area contributed by atoms with Crippen molar-refractivity contribution in [1.82, 2.24) is 5.32 Å². The molecule has 4 heteroatoms. The minimum Gasteiger partial charge on any atom is -0.465 e. The van der Waals surface area contributed by atoms with E-state index in [4.69, 9.17) is 4.42 Å². The number of thiophene rings is 1. The lowest BCUT2D eigenvalue weighted by Gasteiger charge is -2.10. The molecule has 1 unspecified atom stereocenters. The van der Waals surface area contributed by atoms with Gasteiger partial charge in [-0.3, -0.25) is 0 Å². The predicted octanol–water partition coefficient (Wildman–Crippen LogP) is 4.26. The van der Waals surface area contributed by atoms with Crippen molar-refractivity contribution in [2.45, 2.75) is 26.4 Å². The normalized spacial score (nSPS) is 12.9. The van der Waals surface area contributed by atoms with Gasteiger partial charge in [-0.05, 0) is 54.0 Å². The lowest BCUT2D eigenvalue weighted by Crippen LogP contribution is -2.16. The fourth-order valence-corrected chi connectivity index (χ4v) is 2.95. The zero-order valence-corrected chi connectivity index (χ0v) is 11.7. The van der Waals surface area contributed by atoms with Gasteiger partial charge in [0, 0.05) is 10.9 Å². The minimum absolute atomic E-state index is 0.349. The van der Waals surface area contributed by atoms with Crippen molar-refractivity contribution < 1.29 is 4.42 Å². The lowest BCUT2D eigenvalue weighted by atomic mass is 10.2. The first-order valence-corrected chi connectivity index (χ1v) is 6.80. The summed E-state index contributed by atoms with van der Waals surface area (Å²) in [5.74, 6) is 1.95. The molecule has 2 nitrogen and oxygen atoms in total. The van der Waals surface area contributed by atoms with E-state index in [0.717, 1.165) is 18.1 Å². The van der Waals surface area contributed by atoms with Crippen molar-refractivity contribution in [3.8, 4) is 0 Å². The SMILES string of the molecule is Cc1ccc(CNC(C)c2ccc(Br)s2)o1. The highest BCUT2D eigenvalue weighted by molar-refractivity contribution is 9.11. The van der Waals surface area contributed by atoms with E-state index in [1.807, 2.05) is 19.1 Å². The highest BCUT2D eigenvalue weighted by Crippen LogP contribution is 2.27. The van der Waals surface area contributed by atoms with Crippen molar-refractivity contribution in [1.29, 1.82) is 0 Å². The highest BCUT2D eigenvalue weighted by atomic mass is 79.9. The van der Waals surface area contributed by atoms with Crippen LogP contribution in [0.2, 0.25) is 0 Å². The quantitative estimate of drug-likeness (QED) is 0.912. The topological polar surface area (TPSA) is 25.2 Å². The van der Waals surface area contributed by atoms with Crippen LogP contribution in [0.5, 0.6) is 0 Å². The highest BCUT2D eigenvalue weighted by Gasteiger charge is 2.08. The summed E-state index contributed by atoms with van der Waals surface area (Å²) in [4.78, 5) is 1.33. The molecule has 2 heterocycles. The monoisotopic (exact) mass is 299 g/mol. The van der Waals surface area contributed by atoms with Gasteiger partial charge in [0.2, 0.25) is 0 Å². The van der Waals surface area contributed by atoms with Crippen LogP contribution < -0.4 is 5.32 Å². The molecule has 2 aromatic heterocycles. The number of furan rings is 1. The average molecular weight is 300 g/mol. The van der Waals surface area contributed by atoms with Gasteiger partial charge in [0.15, 0.2) is 0 Å². The Balaban J connectivity index is 1.91. The van der Waals surface area contributed by atoms with Gasteiger partial charge in [0.1, 0.15) is 11.5 Å². The third kappa shape index (κ3) is 2.97. The van der Waals surface area contributed by atoms with Crippen molar-refractivity contribution in [3.63, 3.8) is 0 Å².